The van der Waals surface area contributed by atoms with Crippen LogP contribution in [-0.2, 0) is 23.9 Å². The van der Waals surface area contributed by atoms with Crippen LogP contribution in [0.5, 0.6) is 0 Å². The third-order valence-corrected chi connectivity index (χ3v) is 5.95. The second-order valence-corrected chi connectivity index (χ2v) is 8.07. The molecule has 0 saturated carbocycles. The van der Waals surface area contributed by atoms with Gasteiger partial charge in [-0.3, -0.25) is 14.7 Å². The van der Waals surface area contributed by atoms with Gasteiger partial charge < -0.3 is 4.90 Å². The largest absolute Gasteiger partial charge is 0.416 e. The van der Waals surface area contributed by atoms with Crippen molar-refractivity contribution in [3.63, 3.8) is 0 Å². The molecule has 2 aliphatic rings. The summed E-state index contributed by atoms with van der Waals surface area (Å²) in [4.78, 5) is 20.9. The number of amides is 1. The number of benzene rings is 1. The molecule has 2 saturated heterocycles. The Balaban J connectivity index is 1.25. The highest BCUT2D eigenvalue weighted by molar-refractivity contribution is 5.76. The maximum absolute atomic E-state index is 12.7. The van der Waals surface area contributed by atoms with Crippen LogP contribution in [0.25, 0.3) is 0 Å². The van der Waals surface area contributed by atoms with E-state index >= 15 is 0 Å². The van der Waals surface area contributed by atoms with Crippen LogP contribution in [0, 0.1) is 11.8 Å². The average molecular weight is 403 g/mol. The third kappa shape index (κ3) is 4.78. The van der Waals surface area contributed by atoms with Crippen molar-refractivity contribution in [3.8, 4) is 0 Å². The maximum atomic E-state index is 12.7. The van der Waals surface area contributed by atoms with Gasteiger partial charge in [-0.2, -0.15) is 13.2 Å². The van der Waals surface area contributed by atoms with Gasteiger partial charge in [-0.25, -0.2) is 0 Å². The molecule has 0 aliphatic carbocycles. The van der Waals surface area contributed by atoms with Crippen molar-refractivity contribution in [2.24, 2.45) is 11.8 Å². The number of aryl methyl sites for hydroxylation is 1. The lowest BCUT2D eigenvalue weighted by molar-refractivity contribution is -0.137. The van der Waals surface area contributed by atoms with Gasteiger partial charge in [-0.05, 0) is 47.6 Å². The fourth-order valence-corrected chi connectivity index (χ4v) is 4.44. The number of alkyl halides is 3. The lowest BCUT2D eigenvalue weighted by Crippen LogP contribution is -2.33. The Morgan fingerprint density at radius 1 is 1.00 bits per heavy atom. The van der Waals surface area contributed by atoms with Gasteiger partial charge in [-0.15, -0.1) is 0 Å². The Hall–Kier alpha value is -2.41. The minimum atomic E-state index is -4.30. The van der Waals surface area contributed by atoms with Crippen molar-refractivity contribution < 1.29 is 18.0 Å². The average Bonchev–Trinajstić information content (AvgIpc) is 3.25. The van der Waals surface area contributed by atoms with E-state index in [1.807, 2.05) is 17.0 Å². The van der Waals surface area contributed by atoms with E-state index in [0.29, 0.717) is 31.2 Å². The number of hydrogen-bond acceptors (Lipinski definition) is 3. The zero-order valence-corrected chi connectivity index (χ0v) is 16.1. The minimum Gasteiger partial charge on any atom is -0.342 e. The number of nitrogens with zero attached hydrogens (tertiary/aromatic N) is 3. The third-order valence-electron chi connectivity index (χ3n) is 5.95. The zero-order chi connectivity index (χ0) is 20.4. The van der Waals surface area contributed by atoms with Crippen molar-refractivity contribution in [2.75, 3.05) is 26.2 Å². The molecule has 2 fully saturated rings. The Kier molecular flexibility index (Phi) is 5.58. The van der Waals surface area contributed by atoms with Crippen LogP contribution < -0.4 is 0 Å². The molecule has 2 aromatic rings. The second kappa shape index (κ2) is 8.14. The molecule has 0 unspecified atom stereocenters. The van der Waals surface area contributed by atoms with Gasteiger partial charge in [0, 0.05) is 51.5 Å². The highest BCUT2D eigenvalue weighted by atomic mass is 19.4. The molecule has 3 heterocycles. The van der Waals surface area contributed by atoms with E-state index in [1.165, 1.54) is 0 Å². The van der Waals surface area contributed by atoms with Crippen LogP contribution in [0.1, 0.15) is 23.1 Å². The summed E-state index contributed by atoms with van der Waals surface area (Å²) in [7, 11) is 0. The van der Waals surface area contributed by atoms with E-state index in [1.54, 1.807) is 24.5 Å². The van der Waals surface area contributed by atoms with Crippen LogP contribution in [0.4, 0.5) is 13.2 Å². The molecule has 7 heteroatoms. The predicted octanol–water partition coefficient (Wildman–Crippen LogP) is 3.62. The molecule has 0 bridgehead atoms. The van der Waals surface area contributed by atoms with Crippen LogP contribution in [0.3, 0.4) is 0 Å². The molecule has 1 aromatic carbocycles. The highest BCUT2D eigenvalue weighted by Gasteiger charge is 2.41. The molecule has 2 aliphatic heterocycles. The molecule has 0 radical (unpaired) electrons. The van der Waals surface area contributed by atoms with Crippen molar-refractivity contribution >= 4 is 5.91 Å². The molecule has 4 rings (SSSR count). The van der Waals surface area contributed by atoms with Gasteiger partial charge in [0.1, 0.15) is 0 Å². The summed E-state index contributed by atoms with van der Waals surface area (Å²) in [6, 6.07) is 9.28. The van der Waals surface area contributed by atoms with Crippen molar-refractivity contribution in [1.29, 1.82) is 0 Å². The molecular weight excluding hydrogens is 379 g/mol. The lowest BCUT2D eigenvalue weighted by Gasteiger charge is -2.22. The molecule has 4 nitrogen and oxygen atoms in total. The molecule has 0 spiro atoms. The standard InChI is InChI=1S/C22H24F3N3O/c23-22(24,25)20-6-3-17(4-7-20)11-27-12-18-14-28(15-19(18)13-27)21(29)8-5-16-2-1-9-26-10-16/h1-4,6-7,9-10,18-19H,5,8,11-15H2/t18-,19-/m0/s1. The van der Waals surface area contributed by atoms with Crippen molar-refractivity contribution in [2.45, 2.75) is 25.6 Å². The molecule has 1 aromatic heterocycles. The smallest absolute Gasteiger partial charge is 0.342 e. The highest BCUT2D eigenvalue weighted by Crippen LogP contribution is 2.33. The second-order valence-electron chi connectivity index (χ2n) is 8.07. The Labute approximate surface area is 168 Å². The van der Waals surface area contributed by atoms with Crippen LogP contribution in [0.15, 0.2) is 48.8 Å². The summed E-state index contributed by atoms with van der Waals surface area (Å²) in [5, 5.41) is 0. The van der Waals surface area contributed by atoms with Gasteiger partial charge in [0.15, 0.2) is 0 Å². The van der Waals surface area contributed by atoms with Gasteiger partial charge in [0.25, 0.3) is 0 Å². The van der Waals surface area contributed by atoms with E-state index in [0.717, 1.165) is 49.4 Å². The number of hydrogen-bond donors (Lipinski definition) is 0. The van der Waals surface area contributed by atoms with Crippen LogP contribution in [-0.4, -0.2) is 46.9 Å². The van der Waals surface area contributed by atoms with Gasteiger partial charge in [0.2, 0.25) is 5.91 Å². The summed E-state index contributed by atoms with van der Waals surface area (Å²) in [5.41, 5.74) is 1.35. The van der Waals surface area contributed by atoms with Gasteiger partial charge in [0.05, 0.1) is 5.56 Å². The monoisotopic (exact) mass is 403 g/mol. The van der Waals surface area contributed by atoms with E-state index in [2.05, 4.69) is 9.88 Å². The number of halogens is 3. The molecule has 154 valence electrons. The minimum absolute atomic E-state index is 0.192. The van der Waals surface area contributed by atoms with Crippen LogP contribution in [0.2, 0.25) is 0 Å². The fourth-order valence-electron chi connectivity index (χ4n) is 4.44. The van der Waals surface area contributed by atoms with Crippen molar-refractivity contribution in [3.05, 3.63) is 65.5 Å². The predicted molar refractivity (Wildman–Crippen MR) is 103 cm³/mol. The van der Waals surface area contributed by atoms with Gasteiger partial charge >= 0.3 is 6.18 Å². The maximum Gasteiger partial charge on any atom is 0.416 e. The lowest BCUT2D eigenvalue weighted by atomic mass is 10.0. The van der Waals surface area contributed by atoms with E-state index in [-0.39, 0.29) is 5.91 Å². The number of likely N-dealkylation sites (tertiary alicyclic amines) is 2. The Bertz CT molecular complexity index is 825. The topological polar surface area (TPSA) is 36.4 Å². The molecule has 29 heavy (non-hydrogen) atoms. The summed E-state index contributed by atoms with van der Waals surface area (Å²) in [6.45, 7) is 3.98. The fraction of sp³-hybridized carbons (Fsp3) is 0.455. The Morgan fingerprint density at radius 2 is 1.69 bits per heavy atom. The Morgan fingerprint density at radius 3 is 2.28 bits per heavy atom. The van der Waals surface area contributed by atoms with Gasteiger partial charge in [-0.1, -0.05) is 18.2 Å². The number of carbonyl (C=O) groups excluding carboxylic acids is 1. The molecule has 2 atom stereocenters. The number of pyridine rings is 1. The van der Waals surface area contributed by atoms with E-state index in [4.69, 9.17) is 0 Å². The summed E-state index contributed by atoms with van der Waals surface area (Å²) >= 11 is 0. The van der Waals surface area contributed by atoms with Crippen molar-refractivity contribution in [1.82, 2.24) is 14.8 Å². The first-order chi connectivity index (χ1) is 13.9. The summed E-state index contributed by atoms with van der Waals surface area (Å²) < 4.78 is 38.1. The molecular formula is C22H24F3N3O. The number of aromatic nitrogens is 1. The first kappa shape index (κ1) is 19.9. The number of fused-ring (bicyclic) bond motifs is 1. The number of rotatable bonds is 5. The van der Waals surface area contributed by atoms with E-state index < -0.39 is 11.7 Å². The van der Waals surface area contributed by atoms with E-state index in [9.17, 15) is 18.0 Å². The van der Waals surface area contributed by atoms with Crippen LogP contribution >= 0.6 is 0 Å². The first-order valence-electron chi connectivity index (χ1n) is 9.93. The quantitative estimate of drug-likeness (QED) is 0.765. The SMILES string of the molecule is O=C(CCc1cccnc1)N1C[C@@H]2CN(Cc3ccc(C(F)(F)F)cc3)C[C@H]2C1. The number of carbonyl (C=O) groups is 1. The molecule has 0 N–H and O–H groups in total. The molecule has 1 amide bonds. The summed E-state index contributed by atoms with van der Waals surface area (Å²) in [5.74, 6) is 1.09. The zero-order valence-electron chi connectivity index (χ0n) is 16.1. The summed E-state index contributed by atoms with van der Waals surface area (Å²) in [6.07, 6.45) is 0.434. The first-order valence-corrected chi connectivity index (χ1v) is 9.93. The normalized spacial score (nSPS) is 22.1.